The Morgan fingerprint density at radius 3 is 2.14 bits per heavy atom. The first-order valence-electron chi connectivity index (χ1n) is 2.49. The normalized spacial score (nSPS) is 25.3. The fourth-order valence-electron chi connectivity index (χ4n) is 0.599. The van der Waals surface area contributed by atoms with Gasteiger partial charge in [-0.3, -0.25) is 0 Å². The van der Waals surface area contributed by atoms with Crippen molar-refractivity contribution in [2.75, 3.05) is 24.6 Å². The molecule has 1 fully saturated rings. The van der Waals surface area contributed by atoms with Crippen LogP contribution in [0.4, 0.5) is 0 Å². The van der Waals surface area contributed by atoms with Crippen LogP contribution >= 0.6 is 11.8 Å². The van der Waals surface area contributed by atoms with Gasteiger partial charge in [-0.25, -0.2) is 0 Å². The highest BCUT2D eigenvalue weighted by Crippen LogP contribution is 1.96. The molecule has 1 N–H and O–H groups in total. The largest absolute Gasteiger partial charge is 0.634 e. The molecular formula is C4H9NOS. The van der Waals surface area contributed by atoms with Gasteiger partial charge in [-0.05, 0) is 0 Å². The predicted molar refractivity (Wildman–Crippen MR) is 31.4 cm³/mol. The van der Waals surface area contributed by atoms with E-state index in [2.05, 4.69) is 0 Å². The number of rotatable bonds is 0. The minimum absolute atomic E-state index is 0.443. The first kappa shape index (κ1) is 5.41. The molecule has 0 aromatic rings. The molecule has 1 aliphatic rings. The number of quaternary nitrogens is 1. The van der Waals surface area contributed by atoms with Crippen LogP contribution in [0.25, 0.3) is 0 Å². The number of hydrogen-bond donors (Lipinski definition) is 1. The summed E-state index contributed by atoms with van der Waals surface area (Å²) >= 11 is 1.88. The van der Waals surface area contributed by atoms with Gasteiger partial charge in [0.2, 0.25) is 0 Å². The predicted octanol–water partition coefficient (Wildman–Crippen LogP) is -0.884. The van der Waals surface area contributed by atoms with Crippen LogP contribution in [0.3, 0.4) is 0 Å². The van der Waals surface area contributed by atoms with Crippen LogP contribution in [-0.4, -0.2) is 24.6 Å². The van der Waals surface area contributed by atoms with Crippen LogP contribution in [-0.2, 0) is 0 Å². The SMILES string of the molecule is [O-][NH+]1CCSCC1. The Morgan fingerprint density at radius 2 is 1.86 bits per heavy atom. The van der Waals surface area contributed by atoms with Gasteiger partial charge in [0, 0.05) is 11.5 Å². The summed E-state index contributed by atoms with van der Waals surface area (Å²) < 4.78 is 0. The van der Waals surface area contributed by atoms with E-state index < -0.39 is 0 Å². The first-order chi connectivity index (χ1) is 3.39. The minimum Gasteiger partial charge on any atom is -0.634 e. The van der Waals surface area contributed by atoms with E-state index in [-0.39, 0.29) is 0 Å². The molecule has 7 heavy (non-hydrogen) atoms. The third-order valence-electron chi connectivity index (χ3n) is 1.05. The van der Waals surface area contributed by atoms with E-state index in [1.165, 1.54) is 0 Å². The molecule has 0 spiro atoms. The van der Waals surface area contributed by atoms with Gasteiger partial charge in [0.1, 0.15) is 0 Å². The second-order valence-corrected chi connectivity index (χ2v) is 2.88. The first-order valence-corrected chi connectivity index (χ1v) is 3.64. The highest BCUT2D eigenvalue weighted by atomic mass is 32.2. The molecule has 0 radical (unpaired) electrons. The Balaban J connectivity index is 2.12. The lowest BCUT2D eigenvalue weighted by atomic mass is 10.6. The molecule has 0 aromatic heterocycles. The summed E-state index contributed by atoms with van der Waals surface area (Å²) in [6.07, 6.45) is 0. The monoisotopic (exact) mass is 119 g/mol. The Labute approximate surface area is 47.5 Å². The molecule has 2 nitrogen and oxygen atoms in total. The maximum Gasteiger partial charge on any atom is 0.0860 e. The third-order valence-corrected chi connectivity index (χ3v) is 2.04. The molecule has 0 aromatic carbocycles. The van der Waals surface area contributed by atoms with Crippen molar-refractivity contribution in [1.82, 2.24) is 0 Å². The molecule has 0 bridgehead atoms. The summed E-state index contributed by atoms with van der Waals surface area (Å²) in [5.41, 5.74) is 0. The lowest BCUT2D eigenvalue weighted by Gasteiger charge is -2.25. The lowest BCUT2D eigenvalue weighted by molar-refractivity contribution is -0.843. The van der Waals surface area contributed by atoms with Crippen LogP contribution in [0, 0.1) is 5.21 Å². The van der Waals surface area contributed by atoms with Crippen molar-refractivity contribution in [3.63, 3.8) is 0 Å². The zero-order valence-electron chi connectivity index (χ0n) is 4.14. The van der Waals surface area contributed by atoms with Crippen molar-refractivity contribution in [1.29, 1.82) is 0 Å². The minimum atomic E-state index is 0.443. The third kappa shape index (κ3) is 1.67. The zero-order valence-corrected chi connectivity index (χ0v) is 4.96. The van der Waals surface area contributed by atoms with E-state index >= 15 is 0 Å². The van der Waals surface area contributed by atoms with E-state index in [9.17, 15) is 5.21 Å². The van der Waals surface area contributed by atoms with Crippen molar-refractivity contribution >= 4 is 11.8 Å². The van der Waals surface area contributed by atoms with Crippen molar-refractivity contribution in [3.05, 3.63) is 5.21 Å². The van der Waals surface area contributed by atoms with Crippen molar-refractivity contribution in [3.8, 4) is 0 Å². The number of hydrogen-bond acceptors (Lipinski definition) is 2. The van der Waals surface area contributed by atoms with Crippen LogP contribution in [0.5, 0.6) is 0 Å². The highest BCUT2D eigenvalue weighted by Gasteiger charge is 2.03. The van der Waals surface area contributed by atoms with E-state index in [0.717, 1.165) is 24.6 Å². The van der Waals surface area contributed by atoms with Gasteiger partial charge in [-0.2, -0.15) is 11.8 Å². The average molecular weight is 119 g/mol. The van der Waals surface area contributed by atoms with Gasteiger partial charge in [0.25, 0.3) is 0 Å². The van der Waals surface area contributed by atoms with Crippen LogP contribution < -0.4 is 5.06 Å². The summed E-state index contributed by atoms with van der Waals surface area (Å²) in [6, 6.07) is 0. The molecule has 0 amide bonds. The maximum absolute atomic E-state index is 10.4. The van der Waals surface area contributed by atoms with Crippen molar-refractivity contribution in [2.24, 2.45) is 0 Å². The van der Waals surface area contributed by atoms with Crippen molar-refractivity contribution < 1.29 is 5.06 Å². The number of thioether (sulfide) groups is 1. The molecule has 0 aliphatic carbocycles. The summed E-state index contributed by atoms with van der Waals surface area (Å²) in [5.74, 6) is 2.11. The number of nitrogens with one attached hydrogen (secondary N) is 1. The van der Waals surface area contributed by atoms with Gasteiger partial charge >= 0.3 is 0 Å². The summed E-state index contributed by atoms with van der Waals surface area (Å²) in [5, 5.41) is 10.9. The van der Waals surface area contributed by atoms with Crippen LogP contribution in [0.2, 0.25) is 0 Å². The van der Waals surface area contributed by atoms with Gasteiger partial charge in [0.15, 0.2) is 0 Å². The van der Waals surface area contributed by atoms with Crippen LogP contribution in [0.1, 0.15) is 0 Å². The molecule has 1 heterocycles. The van der Waals surface area contributed by atoms with Crippen LogP contribution in [0.15, 0.2) is 0 Å². The Hall–Kier alpha value is 0.270. The fraction of sp³-hybridized carbons (Fsp3) is 1.00. The Kier molecular flexibility index (Phi) is 1.97. The quantitative estimate of drug-likeness (QED) is 0.419. The maximum atomic E-state index is 10.4. The smallest absolute Gasteiger partial charge is 0.0860 e. The topological polar surface area (TPSA) is 27.5 Å². The molecule has 0 atom stereocenters. The molecule has 1 aliphatic heterocycles. The van der Waals surface area contributed by atoms with E-state index in [0.29, 0.717) is 5.06 Å². The van der Waals surface area contributed by atoms with E-state index in [4.69, 9.17) is 0 Å². The summed E-state index contributed by atoms with van der Waals surface area (Å²) in [7, 11) is 0. The Morgan fingerprint density at radius 1 is 1.29 bits per heavy atom. The summed E-state index contributed by atoms with van der Waals surface area (Å²) in [4.78, 5) is 0. The molecule has 3 heteroatoms. The lowest BCUT2D eigenvalue weighted by Crippen LogP contribution is -3.08. The fourth-order valence-corrected chi connectivity index (χ4v) is 1.55. The van der Waals surface area contributed by atoms with E-state index in [1.54, 1.807) is 0 Å². The zero-order chi connectivity index (χ0) is 5.11. The molecule has 0 unspecified atom stereocenters. The van der Waals surface area contributed by atoms with Gasteiger partial charge in [-0.1, -0.05) is 0 Å². The number of hydroxylamine groups is 2. The average Bonchev–Trinajstić information content (AvgIpc) is 1.69. The molecule has 0 saturated carbocycles. The standard InChI is InChI=1S/C4H9NOS/c6-5-1-3-7-4-2-5/h5H,1-4H2. The second-order valence-electron chi connectivity index (χ2n) is 1.65. The second kappa shape index (κ2) is 2.55. The highest BCUT2D eigenvalue weighted by molar-refractivity contribution is 7.99. The molecular weight excluding hydrogens is 110 g/mol. The summed E-state index contributed by atoms with van der Waals surface area (Å²) in [6.45, 7) is 1.62. The van der Waals surface area contributed by atoms with Gasteiger partial charge in [-0.15, -0.1) is 0 Å². The van der Waals surface area contributed by atoms with Crippen molar-refractivity contribution in [2.45, 2.75) is 0 Å². The molecule has 1 saturated heterocycles. The molecule has 1 rings (SSSR count). The van der Waals surface area contributed by atoms with Gasteiger partial charge in [0.05, 0.1) is 13.1 Å². The van der Waals surface area contributed by atoms with E-state index in [1.807, 2.05) is 11.8 Å². The molecule has 42 valence electrons. The Bertz CT molecular complexity index is 53.7. The van der Waals surface area contributed by atoms with Gasteiger partial charge < -0.3 is 10.3 Å².